The molecule has 3 atom stereocenters. The van der Waals surface area contributed by atoms with Crippen molar-refractivity contribution in [1.82, 2.24) is 10.8 Å². The van der Waals surface area contributed by atoms with E-state index >= 15 is 0 Å². The summed E-state index contributed by atoms with van der Waals surface area (Å²) in [6.07, 6.45) is -0.715. The predicted molar refractivity (Wildman–Crippen MR) is 131 cm³/mol. The van der Waals surface area contributed by atoms with E-state index in [4.69, 9.17) is 14.3 Å². The molecule has 0 radical (unpaired) electrons. The summed E-state index contributed by atoms with van der Waals surface area (Å²) in [4.78, 5) is 31.0. The van der Waals surface area contributed by atoms with Crippen molar-refractivity contribution >= 4 is 12.0 Å². The third kappa shape index (κ3) is 6.36. The molecule has 184 valence electrons. The summed E-state index contributed by atoms with van der Waals surface area (Å²) < 4.78 is 11.6. The van der Waals surface area contributed by atoms with Crippen LogP contribution in [0.15, 0.2) is 48.5 Å². The van der Waals surface area contributed by atoms with Gasteiger partial charge in [-0.3, -0.25) is 9.63 Å². The second-order valence-electron chi connectivity index (χ2n) is 9.69. The number of carbonyl (C=O) groups excluding carboxylic acids is 2. The Balaban J connectivity index is 1.69. The van der Waals surface area contributed by atoms with E-state index in [0.717, 1.165) is 28.7 Å². The molecule has 0 fully saturated rings. The van der Waals surface area contributed by atoms with Gasteiger partial charge in [-0.15, -0.1) is 0 Å². The third-order valence-electron chi connectivity index (χ3n) is 5.84. The maximum absolute atomic E-state index is 12.8. The fourth-order valence-electron chi connectivity index (χ4n) is 4.09. The minimum absolute atomic E-state index is 0.0672. The van der Waals surface area contributed by atoms with Crippen LogP contribution in [0.3, 0.4) is 0 Å². The Morgan fingerprint density at radius 1 is 0.971 bits per heavy atom. The van der Waals surface area contributed by atoms with E-state index in [1.54, 1.807) is 6.92 Å². The van der Waals surface area contributed by atoms with Gasteiger partial charge in [0.05, 0.1) is 17.8 Å². The summed E-state index contributed by atoms with van der Waals surface area (Å²) in [6.45, 7) is 11.4. The first-order chi connectivity index (χ1) is 16.1. The second kappa shape index (κ2) is 11.0. The molecule has 0 spiro atoms. The topological polar surface area (TPSA) is 85.9 Å². The van der Waals surface area contributed by atoms with Gasteiger partial charge in [-0.1, -0.05) is 55.5 Å². The third-order valence-corrected chi connectivity index (χ3v) is 5.84. The Morgan fingerprint density at radius 2 is 1.53 bits per heavy atom. The molecule has 0 saturated carbocycles. The lowest BCUT2D eigenvalue weighted by Crippen LogP contribution is -2.54. The minimum Gasteiger partial charge on any atom is -0.449 e. The molecule has 2 amide bonds. The number of hydrogen-bond donors (Lipinski definition) is 2. The highest BCUT2D eigenvalue weighted by Gasteiger charge is 2.33. The first-order valence-electron chi connectivity index (χ1n) is 11.9. The summed E-state index contributed by atoms with van der Waals surface area (Å²) in [5, 5.41) is 2.67. The van der Waals surface area contributed by atoms with Gasteiger partial charge in [-0.2, -0.15) is 0 Å². The van der Waals surface area contributed by atoms with E-state index in [0.29, 0.717) is 0 Å². The standard InChI is InChI=1S/C27H36N2O5/c1-7-17(2)34-29-25(30)24(18(3)33-27(4,5)6)28-26(31)32-16-23-21-14-10-8-12-19(21)20-13-9-11-15-22(20)23/h8-15,17-18,23-24H,7,16H2,1-6H3,(H,28,31)(H,29,30). The lowest BCUT2D eigenvalue weighted by Gasteiger charge is -2.30. The first-order valence-corrected chi connectivity index (χ1v) is 11.9. The van der Waals surface area contributed by atoms with Crippen LogP contribution in [-0.2, 0) is 19.1 Å². The molecular formula is C27H36N2O5. The molecule has 7 heteroatoms. The quantitative estimate of drug-likeness (QED) is 0.509. The highest BCUT2D eigenvalue weighted by molar-refractivity contribution is 5.85. The minimum atomic E-state index is -0.987. The van der Waals surface area contributed by atoms with Gasteiger partial charge in [0.1, 0.15) is 12.6 Å². The van der Waals surface area contributed by atoms with Gasteiger partial charge in [0.15, 0.2) is 0 Å². The van der Waals surface area contributed by atoms with Crippen molar-refractivity contribution in [2.75, 3.05) is 6.61 Å². The number of rotatable bonds is 9. The molecule has 3 unspecified atom stereocenters. The number of carbonyl (C=O) groups is 2. The lowest BCUT2D eigenvalue weighted by molar-refractivity contribution is -0.147. The average Bonchev–Trinajstić information content (AvgIpc) is 3.12. The van der Waals surface area contributed by atoms with Crippen molar-refractivity contribution < 1.29 is 23.9 Å². The van der Waals surface area contributed by atoms with E-state index in [1.165, 1.54) is 0 Å². The number of fused-ring (bicyclic) bond motifs is 3. The maximum Gasteiger partial charge on any atom is 0.407 e. The van der Waals surface area contributed by atoms with E-state index in [9.17, 15) is 9.59 Å². The average molecular weight is 469 g/mol. The SMILES string of the molecule is CCC(C)ONC(=O)C(NC(=O)OCC1c2ccccc2-c2ccccc21)C(C)OC(C)(C)C. The van der Waals surface area contributed by atoms with Gasteiger partial charge >= 0.3 is 6.09 Å². The summed E-state index contributed by atoms with van der Waals surface area (Å²) >= 11 is 0. The van der Waals surface area contributed by atoms with E-state index < -0.39 is 29.7 Å². The molecule has 7 nitrogen and oxygen atoms in total. The van der Waals surface area contributed by atoms with Gasteiger partial charge in [0.25, 0.3) is 5.91 Å². The Morgan fingerprint density at radius 3 is 2.06 bits per heavy atom. The van der Waals surface area contributed by atoms with E-state index in [1.807, 2.05) is 58.9 Å². The Hall–Kier alpha value is -2.90. The van der Waals surface area contributed by atoms with Crippen LogP contribution >= 0.6 is 0 Å². The molecule has 2 N–H and O–H groups in total. The number of hydroxylamine groups is 1. The maximum atomic E-state index is 12.8. The number of amides is 2. The monoisotopic (exact) mass is 468 g/mol. The zero-order valence-electron chi connectivity index (χ0n) is 20.9. The molecule has 0 aromatic heterocycles. The van der Waals surface area contributed by atoms with Crippen molar-refractivity contribution in [3.05, 3.63) is 59.7 Å². The van der Waals surface area contributed by atoms with Crippen molar-refractivity contribution in [3.8, 4) is 11.1 Å². The van der Waals surface area contributed by atoms with Crippen molar-refractivity contribution in [3.63, 3.8) is 0 Å². The molecule has 0 saturated heterocycles. The van der Waals surface area contributed by atoms with Crippen LogP contribution < -0.4 is 10.8 Å². The molecule has 1 aliphatic rings. The molecular weight excluding hydrogens is 432 g/mol. The van der Waals surface area contributed by atoms with Crippen molar-refractivity contribution in [1.29, 1.82) is 0 Å². The molecule has 34 heavy (non-hydrogen) atoms. The van der Waals surface area contributed by atoms with Crippen molar-refractivity contribution in [2.45, 2.75) is 77.7 Å². The van der Waals surface area contributed by atoms with Gasteiger partial charge in [0, 0.05) is 5.92 Å². The zero-order valence-corrected chi connectivity index (χ0v) is 20.9. The molecule has 3 rings (SSSR count). The number of alkyl carbamates (subject to hydrolysis) is 1. The highest BCUT2D eigenvalue weighted by atomic mass is 16.7. The normalized spacial score (nSPS) is 15.6. The molecule has 0 heterocycles. The predicted octanol–water partition coefficient (Wildman–Crippen LogP) is 4.94. The van der Waals surface area contributed by atoms with Gasteiger partial charge in [-0.05, 0) is 63.3 Å². The number of hydrogen-bond acceptors (Lipinski definition) is 5. The van der Waals surface area contributed by atoms with Crippen LogP contribution in [0, 0.1) is 0 Å². The highest BCUT2D eigenvalue weighted by Crippen LogP contribution is 2.44. The number of ether oxygens (including phenoxy) is 2. The number of nitrogens with one attached hydrogen (secondary N) is 2. The van der Waals surface area contributed by atoms with Crippen LogP contribution in [0.25, 0.3) is 11.1 Å². The summed E-state index contributed by atoms with van der Waals surface area (Å²) in [5.41, 5.74) is 6.49. The van der Waals surface area contributed by atoms with Crippen LogP contribution in [0.2, 0.25) is 0 Å². The molecule has 2 aromatic rings. The fraction of sp³-hybridized carbons (Fsp3) is 0.481. The molecule has 2 aromatic carbocycles. The Kier molecular flexibility index (Phi) is 8.33. The second-order valence-corrected chi connectivity index (χ2v) is 9.69. The van der Waals surface area contributed by atoms with E-state index in [-0.39, 0.29) is 18.6 Å². The summed E-state index contributed by atoms with van der Waals surface area (Å²) in [6, 6.07) is 15.3. The first kappa shape index (κ1) is 25.7. The van der Waals surface area contributed by atoms with Crippen LogP contribution in [0.4, 0.5) is 4.79 Å². The van der Waals surface area contributed by atoms with Gasteiger partial charge < -0.3 is 14.8 Å². The smallest absolute Gasteiger partial charge is 0.407 e. The molecule has 0 aliphatic heterocycles. The number of benzene rings is 2. The molecule has 1 aliphatic carbocycles. The van der Waals surface area contributed by atoms with Crippen LogP contribution in [0.5, 0.6) is 0 Å². The zero-order chi connectivity index (χ0) is 24.9. The van der Waals surface area contributed by atoms with Gasteiger partial charge in [0.2, 0.25) is 0 Å². The summed E-state index contributed by atoms with van der Waals surface area (Å²) in [5.74, 6) is -0.562. The Bertz CT molecular complexity index is 955. The van der Waals surface area contributed by atoms with E-state index in [2.05, 4.69) is 35.1 Å². The van der Waals surface area contributed by atoms with Crippen LogP contribution in [-0.4, -0.2) is 42.5 Å². The largest absolute Gasteiger partial charge is 0.449 e. The fourth-order valence-corrected chi connectivity index (χ4v) is 4.09. The Labute approximate surface area is 202 Å². The van der Waals surface area contributed by atoms with Crippen molar-refractivity contribution in [2.24, 2.45) is 0 Å². The summed E-state index contributed by atoms with van der Waals surface area (Å²) in [7, 11) is 0. The molecule has 0 bridgehead atoms. The van der Waals surface area contributed by atoms with Gasteiger partial charge in [-0.25, -0.2) is 10.3 Å². The van der Waals surface area contributed by atoms with Crippen LogP contribution in [0.1, 0.15) is 65.0 Å². The lowest BCUT2D eigenvalue weighted by atomic mass is 9.98.